The van der Waals surface area contributed by atoms with Gasteiger partial charge in [0.15, 0.2) is 0 Å². The van der Waals surface area contributed by atoms with Crippen LogP contribution < -0.4 is 11.1 Å². The van der Waals surface area contributed by atoms with Gasteiger partial charge in [-0.3, -0.25) is 9.69 Å². The van der Waals surface area contributed by atoms with Crippen LogP contribution in [0.5, 0.6) is 0 Å². The predicted octanol–water partition coefficient (Wildman–Crippen LogP) is 3.53. The molecule has 2 aliphatic rings. The SMILES string of the molecule is C/C(=C\C=C(/C)c1cnc(N)c(C(=O)NC2CCC(O)CC2)c1)CN1CCCCC1. The van der Waals surface area contributed by atoms with Crippen molar-refractivity contribution in [1.29, 1.82) is 0 Å². The van der Waals surface area contributed by atoms with Gasteiger partial charge >= 0.3 is 0 Å². The minimum Gasteiger partial charge on any atom is -0.393 e. The summed E-state index contributed by atoms with van der Waals surface area (Å²) in [6, 6.07) is 1.91. The van der Waals surface area contributed by atoms with Gasteiger partial charge in [-0.2, -0.15) is 0 Å². The van der Waals surface area contributed by atoms with Crippen LogP contribution in [0.15, 0.2) is 30.0 Å². The lowest BCUT2D eigenvalue weighted by Crippen LogP contribution is -2.38. The van der Waals surface area contributed by atoms with Crippen molar-refractivity contribution >= 4 is 17.3 Å². The van der Waals surface area contributed by atoms with Gasteiger partial charge < -0.3 is 16.2 Å². The Morgan fingerprint density at radius 1 is 1.20 bits per heavy atom. The zero-order chi connectivity index (χ0) is 21.5. The molecule has 4 N–H and O–H groups in total. The number of hydrogen-bond acceptors (Lipinski definition) is 5. The third kappa shape index (κ3) is 6.41. The second-order valence-corrected chi connectivity index (χ2v) is 8.84. The third-order valence-corrected chi connectivity index (χ3v) is 6.19. The van der Waals surface area contributed by atoms with Gasteiger partial charge in [-0.15, -0.1) is 0 Å². The van der Waals surface area contributed by atoms with Crippen LogP contribution in [0.2, 0.25) is 0 Å². The second kappa shape index (κ2) is 10.7. The van der Waals surface area contributed by atoms with E-state index in [1.54, 1.807) is 6.20 Å². The number of amides is 1. The lowest BCUT2D eigenvalue weighted by Gasteiger charge is -2.26. The lowest BCUT2D eigenvalue weighted by atomic mass is 9.93. The number of nitrogens with zero attached hydrogens (tertiary/aromatic N) is 2. The molecule has 0 unspecified atom stereocenters. The quantitative estimate of drug-likeness (QED) is 0.622. The van der Waals surface area contributed by atoms with E-state index >= 15 is 0 Å². The number of rotatable bonds is 6. The molecular formula is C24H36N4O2. The maximum atomic E-state index is 12.7. The summed E-state index contributed by atoms with van der Waals surface area (Å²) in [5.74, 6) is 0.0598. The van der Waals surface area contributed by atoms with E-state index in [4.69, 9.17) is 5.73 Å². The summed E-state index contributed by atoms with van der Waals surface area (Å²) in [7, 11) is 0. The average molecular weight is 413 g/mol. The highest BCUT2D eigenvalue weighted by Gasteiger charge is 2.22. The van der Waals surface area contributed by atoms with Gasteiger partial charge in [0, 0.05) is 18.8 Å². The van der Waals surface area contributed by atoms with Gasteiger partial charge in [0.1, 0.15) is 5.82 Å². The van der Waals surface area contributed by atoms with Gasteiger partial charge in [-0.25, -0.2) is 4.98 Å². The number of aromatic nitrogens is 1. The standard InChI is InChI=1S/C24H36N4O2/c1-17(16-28-12-4-3-5-13-28)6-7-18(2)19-14-22(23(25)26-15-19)24(30)27-20-8-10-21(29)11-9-20/h6-7,14-15,20-21,29H,3-5,8-13,16H2,1-2H3,(H2,25,26)(H,27,30)/b17-6+,18-7+. The van der Waals surface area contributed by atoms with E-state index in [0.29, 0.717) is 5.56 Å². The molecule has 1 aromatic rings. The number of pyridine rings is 1. The fourth-order valence-electron chi connectivity index (χ4n) is 4.24. The molecule has 2 heterocycles. The minimum absolute atomic E-state index is 0.0842. The molecule has 1 aromatic heterocycles. The van der Waals surface area contributed by atoms with Gasteiger partial charge in [-0.1, -0.05) is 24.1 Å². The maximum absolute atomic E-state index is 12.7. The number of hydrogen-bond donors (Lipinski definition) is 3. The largest absolute Gasteiger partial charge is 0.393 e. The van der Waals surface area contributed by atoms with Crippen LogP contribution in [0, 0.1) is 0 Å². The highest BCUT2D eigenvalue weighted by molar-refractivity contribution is 5.99. The Bertz CT molecular complexity index is 788. The molecule has 0 atom stereocenters. The number of allylic oxidation sites excluding steroid dienone is 3. The van der Waals surface area contributed by atoms with E-state index in [1.807, 2.05) is 13.0 Å². The number of likely N-dealkylation sites (tertiary alicyclic amines) is 1. The van der Waals surface area contributed by atoms with E-state index in [2.05, 4.69) is 34.3 Å². The average Bonchev–Trinajstić information content (AvgIpc) is 2.74. The van der Waals surface area contributed by atoms with Crippen LogP contribution in [0.25, 0.3) is 5.57 Å². The first-order chi connectivity index (χ1) is 14.4. The highest BCUT2D eigenvalue weighted by Crippen LogP contribution is 2.21. The molecular weight excluding hydrogens is 376 g/mol. The van der Waals surface area contributed by atoms with Crippen molar-refractivity contribution in [1.82, 2.24) is 15.2 Å². The van der Waals surface area contributed by atoms with Crippen molar-refractivity contribution in [2.24, 2.45) is 0 Å². The first-order valence-corrected chi connectivity index (χ1v) is 11.2. The number of nitrogen functional groups attached to an aromatic ring is 1. The van der Waals surface area contributed by atoms with Crippen molar-refractivity contribution in [2.45, 2.75) is 70.9 Å². The summed E-state index contributed by atoms with van der Waals surface area (Å²) >= 11 is 0. The molecule has 164 valence electrons. The van der Waals surface area contributed by atoms with Crippen LogP contribution in [-0.2, 0) is 0 Å². The molecule has 1 saturated heterocycles. The summed E-state index contributed by atoms with van der Waals surface area (Å²) in [4.78, 5) is 19.5. The Morgan fingerprint density at radius 2 is 1.90 bits per heavy atom. The van der Waals surface area contributed by atoms with Crippen LogP contribution in [-0.4, -0.2) is 52.7 Å². The lowest BCUT2D eigenvalue weighted by molar-refractivity contribution is 0.0868. The number of carbonyl (C=O) groups is 1. The molecule has 0 aromatic carbocycles. The fraction of sp³-hybridized carbons (Fsp3) is 0.583. The molecule has 0 bridgehead atoms. The summed E-state index contributed by atoms with van der Waals surface area (Å²) < 4.78 is 0. The third-order valence-electron chi connectivity index (χ3n) is 6.19. The highest BCUT2D eigenvalue weighted by atomic mass is 16.3. The molecule has 1 amide bonds. The molecule has 1 saturated carbocycles. The number of piperidine rings is 1. The summed E-state index contributed by atoms with van der Waals surface area (Å²) in [6.07, 6.45) is 12.7. The van der Waals surface area contributed by atoms with Crippen molar-refractivity contribution < 1.29 is 9.90 Å². The van der Waals surface area contributed by atoms with Crippen LogP contribution >= 0.6 is 0 Å². The molecule has 0 spiro atoms. The zero-order valence-electron chi connectivity index (χ0n) is 18.4. The molecule has 6 nitrogen and oxygen atoms in total. The number of anilines is 1. The second-order valence-electron chi connectivity index (χ2n) is 8.84. The van der Waals surface area contributed by atoms with E-state index in [9.17, 15) is 9.90 Å². The summed E-state index contributed by atoms with van der Waals surface area (Å²) in [6.45, 7) is 7.58. The van der Waals surface area contributed by atoms with Crippen molar-refractivity contribution in [3.63, 3.8) is 0 Å². The Hall–Kier alpha value is -2.18. The van der Waals surface area contributed by atoms with E-state index in [0.717, 1.165) is 43.4 Å². The van der Waals surface area contributed by atoms with E-state index < -0.39 is 0 Å². The van der Waals surface area contributed by atoms with Crippen molar-refractivity contribution in [2.75, 3.05) is 25.4 Å². The molecule has 1 aliphatic heterocycles. The first kappa shape index (κ1) is 22.5. The topological polar surface area (TPSA) is 91.5 Å². The number of aliphatic hydroxyl groups is 1. The summed E-state index contributed by atoms with van der Waals surface area (Å²) in [5.41, 5.74) is 9.69. The van der Waals surface area contributed by atoms with E-state index in [1.165, 1.54) is 37.9 Å². The minimum atomic E-state index is -0.243. The molecule has 0 radical (unpaired) electrons. The van der Waals surface area contributed by atoms with Crippen molar-refractivity contribution in [3.8, 4) is 0 Å². The molecule has 3 rings (SSSR count). The number of aliphatic hydroxyl groups excluding tert-OH is 1. The Labute approximate surface area is 180 Å². The molecule has 30 heavy (non-hydrogen) atoms. The Morgan fingerprint density at radius 3 is 2.60 bits per heavy atom. The molecule has 1 aliphatic carbocycles. The molecule has 2 fully saturated rings. The van der Waals surface area contributed by atoms with Gasteiger partial charge in [0.05, 0.1) is 11.7 Å². The van der Waals surface area contributed by atoms with Crippen molar-refractivity contribution in [3.05, 3.63) is 41.1 Å². The Balaban J connectivity index is 1.64. The Kier molecular flexibility index (Phi) is 8.05. The summed E-state index contributed by atoms with van der Waals surface area (Å²) in [5, 5.41) is 12.7. The monoisotopic (exact) mass is 412 g/mol. The van der Waals surface area contributed by atoms with Gasteiger partial charge in [-0.05, 0) is 82.7 Å². The van der Waals surface area contributed by atoms with Crippen LogP contribution in [0.4, 0.5) is 5.82 Å². The first-order valence-electron chi connectivity index (χ1n) is 11.2. The maximum Gasteiger partial charge on any atom is 0.255 e. The normalized spacial score (nSPS) is 24.0. The van der Waals surface area contributed by atoms with Crippen LogP contribution in [0.3, 0.4) is 0 Å². The van der Waals surface area contributed by atoms with Crippen LogP contribution in [0.1, 0.15) is 74.7 Å². The number of nitrogens with one attached hydrogen (secondary N) is 1. The van der Waals surface area contributed by atoms with E-state index in [-0.39, 0.29) is 23.9 Å². The van der Waals surface area contributed by atoms with Gasteiger partial charge in [0.25, 0.3) is 5.91 Å². The molecule has 6 heteroatoms. The number of carbonyl (C=O) groups excluding carboxylic acids is 1. The smallest absolute Gasteiger partial charge is 0.255 e. The fourth-order valence-corrected chi connectivity index (χ4v) is 4.24. The number of nitrogens with two attached hydrogens (primary N) is 1. The zero-order valence-corrected chi connectivity index (χ0v) is 18.4. The van der Waals surface area contributed by atoms with Gasteiger partial charge in [0.2, 0.25) is 0 Å². The predicted molar refractivity (Wildman–Crippen MR) is 122 cm³/mol.